The summed E-state index contributed by atoms with van der Waals surface area (Å²) < 4.78 is 5.25. The number of rotatable bonds is 4. The number of hydrogen-bond donors (Lipinski definition) is 4. The van der Waals surface area contributed by atoms with Crippen molar-refractivity contribution in [1.82, 2.24) is 15.3 Å². The average Bonchev–Trinajstić information content (AvgIpc) is 2.74. The van der Waals surface area contributed by atoms with Crippen LogP contribution in [-0.2, 0) is 9.59 Å². The van der Waals surface area contributed by atoms with Gasteiger partial charge in [0.25, 0.3) is 17.8 Å². The van der Waals surface area contributed by atoms with E-state index in [-0.39, 0.29) is 24.2 Å². The Bertz CT molecular complexity index is 1150. The second-order valence-corrected chi connectivity index (χ2v) is 6.82. The number of nitrogens with one attached hydrogen (secondary N) is 4. The number of guanidine groups is 1. The monoisotopic (exact) mass is 405 g/mol. The summed E-state index contributed by atoms with van der Waals surface area (Å²) >= 11 is 0. The van der Waals surface area contributed by atoms with Gasteiger partial charge >= 0.3 is 5.96 Å². The highest BCUT2D eigenvalue weighted by molar-refractivity contribution is 6.05. The number of aromatic nitrogens is 2. The minimum atomic E-state index is -0.729. The number of para-hydroxylation sites is 1. The number of hydrogen-bond acceptors (Lipinski definition) is 6. The SMILES string of the molecule is COc1ccc2nc(NC3=[NH+][C@H](C(=O)Nc4ccccc4)CC(=O)N3)nc(C)c2c1. The number of amides is 2. The van der Waals surface area contributed by atoms with Crippen molar-refractivity contribution in [2.24, 2.45) is 0 Å². The molecule has 1 aromatic heterocycles. The fourth-order valence-corrected chi connectivity index (χ4v) is 3.17. The van der Waals surface area contributed by atoms with Crippen LogP contribution in [0.1, 0.15) is 12.1 Å². The number of carbonyl (C=O) groups excluding carboxylic acids is 2. The molecule has 3 aromatic rings. The van der Waals surface area contributed by atoms with Crippen LogP contribution in [0.5, 0.6) is 5.75 Å². The zero-order valence-electron chi connectivity index (χ0n) is 16.5. The van der Waals surface area contributed by atoms with E-state index in [1.807, 2.05) is 43.3 Å². The fourth-order valence-electron chi connectivity index (χ4n) is 3.17. The van der Waals surface area contributed by atoms with Gasteiger partial charge in [0.15, 0.2) is 6.04 Å². The van der Waals surface area contributed by atoms with Crippen LogP contribution in [-0.4, -0.2) is 40.9 Å². The van der Waals surface area contributed by atoms with E-state index in [4.69, 9.17) is 4.74 Å². The van der Waals surface area contributed by atoms with Crippen molar-refractivity contribution in [3.63, 3.8) is 0 Å². The number of methoxy groups -OCH3 is 1. The molecule has 0 spiro atoms. The maximum Gasteiger partial charge on any atom is 0.358 e. The largest absolute Gasteiger partial charge is 0.497 e. The van der Waals surface area contributed by atoms with Gasteiger partial charge in [0.05, 0.1) is 24.7 Å². The molecule has 2 heterocycles. The van der Waals surface area contributed by atoms with Crippen molar-refractivity contribution in [3.8, 4) is 5.75 Å². The molecule has 0 unspecified atom stereocenters. The number of nitrogens with zero attached hydrogens (tertiary/aromatic N) is 2. The van der Waals surface area contributed by atoms with Gasteiger partial charge in [-0.1, -0.05) is 18.2 Å². The fraction of sp³-hybridized carbons (Fsp3) is 0.190. The van der Waals surface area contributed by atoms with Gasteiger partial charge in [0.2, 0.25) is 0 Å². The zero-order chi connectivity index (χ0) is 21.1. The molecule has 1 aliphatic heterocycles. The zero-order valence-corrected chi connectivity index (χ0v) is 16.5. The van der Waals surface area contributed by atoms with Gasteiger partial charge < -0.3 is 10.1 Å². The first-order valence-corrected chi connectivity index (χ1v) is 9.40. The molecule has 0 saturated heterocycles. The Labute approximate surface area is 172 Å². The minimum Gasteiger partial charge on any atom is -0.497 e. The highest BCUT2D eigenvalue weighted by Gasteiger charge is 2.31. The lowest BCUT2D eigenvalue weighted by Crippen LogP contribution is -2.89. The van der Waals surface area contributed by atoms with Crippen molar-refractivity contribution < 1.29 is 19.3 Å². The maximum absolute atomic E-state index is 12.6. The van der Waals surface area contributed by atoms with Crippen molar-refractivity contribution in [2.75, 3.05) is 17.7 Å². The Hall–Kier alpha value is -4.01. The molecule has 0 aliphatic carbocycles. The number of benzene rings is 2. The highest BCUT2D eigenvalue weighted by atomic mass is 16.5. The first kappa shape index (κ1) is 19.3. The second kappa shape index (κ2) is 8.16. The Balaban J connectivity index is 1.55. The van der Waals surface area contributed by atoms with Crippen molar-refractivity contribution in [1.29, 1.82) is 0 Å². The van der Waals surface area contributed by atoms with E-state index in [0.717, 1.165) is 22.3 Å². The quantitative estimate of drug-likeness (QED) is 0.497. The van der Waals surface area contributed by atoms with Crippen LogP contribution in [0.2, 0.25) is 0 Å². The van der Waals surface area contributed by atoms with Crippen molar-refractivity contribution in [3.05, 3.63) is 54.2 Å². The standard InChI is InChI=1S/C21H20N6O3/c1-12-15-10-14(30-2)8-9-16(15)24-20(22-12)27-21-25-17(11-18(28)26-21)19(29)23-13-6-4-3-5-7-13/h3-10,17H,11H2,1-2H3,(H,23,29)(H2,22,24,25,26,27,28)/p+1/t17-/m0/s1. The van der Waals surface area contributed by atoms with E-state index < -0.39 is 6.04 Å². The van der Waals surface area contributed by atoms with Gasteiger partial charge in [-0.05, 0) is 37.3 Å². The Morgan fingerprint density at radius 1 is 1.20 bits per heavy atom. The molecule has 9 nitrogen and oxygen atoms in total. The summed E-state index contributed by atoms with van der Waals surface area (Å²) in [5, 5.41) is 9.30. The lowest BCUT2D eigenvalue weighted by molar-refractivity contribution is -0.490. The lowest BCUT2D eigenvalue weighted by Gasteiger charge is -2.16. The molecule has 2 aromatic carbocycles. The maximum atomic E-state index is 12.6. The summed E-state index contributed by atoms with van der Waals surface area (Å²) in [5.74, 6) is 0.686. The smallest absolute Gasteiger partial charge is 0.358 e. The molecule has 0 fully saturated rings. The number of carbonyl (C=O) groups is 2. The highest BCUT2D eigenvalue weighted by Crippen LogP contribution is 2.22. The molecule has 0 saturated carbocycles. The Kier molecular flexibility index (Phi) is 5.25. The van der Waals surface area contributed by atoms with E-state index in [1.165, 1.54) is 0 Å². The van der Waals surface area contributed by atoms with Gasteiger partial charge in [-0.15, -0.1) is 0 Å². The van der Waals surface area contributed by atoms with E-state index in [1.54, 1.807) is 19.2 Å². The summed E-state index contributed by atoms with van der Waals surface area (Å²) in [7, 11) is 1.60. The van der Waals surface area contributed by atoms with E-state index in [0.29, 0.717) is 11.6 Å². The number of ether oxygens (including phenoxy) is 1. The molecule has 2 amide bonds. The predicted octanol–water partition coefficient (Wildman–Crippen LogP) is 0.323. The number of aryl methyl sites for hydroxylation is 1. The van der Waals surface area contributed by atoms with Crippen molar-refractivity contribution in [2.45, 2.75) is 19.4 Å². The van der Waals surface area contributed by atoms with E-state index >= 15 is 0 Å². The number of anilines is 2. The first-order valence-electron chi connectivity index (χ1n) is 9.40. The van der Waals surface area contributed by atoms with Crippen molar-refractivity contribution >= 4 is 40.3 Å². The minimum absolute atomic E-state index is 0.0151. The summed E-state index contributed by atoms with van der Waals surface area (Å²) in [6, 6.07) is 13.9. The van der Waals surface area contributed by atoms with Crippen LogP contribution in [0, 0.1) is 6.92 Å². The molecule has 0 bridgehead atoms. The molecule has 9 heteroatoms. The van der Waals surface area contributed by atoms with Gasteiger partial charge in [-0.3, -0.25) is 14.6 Å². The van der Waals surface area contributed by atoms with Crippen LogP contribution in [0.25, 0.3) is 10.9 Å². The molecule has 1 atom stereocenters. The third kappa shape index (κ3) is 4.19. The summed E-state index contributed by atoms with van der Waals surface area (Å²) in [5.41, 5.74) is 2.14. The number of fused-ring (bicyclic) bond motifs is 1. The lowest BCUT2D eigenvalue weighted by atomic mass is 10.1. The first-order chi connectivity index (χ1) is 14.5. The molecule has 152 valence electrons. The third-order valence-electron chi connectivity index (χ3n) is 4.66. The average molecular weight is 405 g/mol. The summed E-state index contributed by atoms with van der Waals surface area (Å²) in [6.45, 7) is 1.86. The molecule has 0 radical (unpaired) electrons. The molecule has 4 N–H and O–H groups in total. The van der Waals surface area contributed by atoms with E-state index in [2.05, 4.69) is 30.9 Å². The molecule has 4 rings (SSSR count). The van der Waals surface area contributed by atoms with Crippen LogP contribution < -0.4 is 25.7 Å². The molecular weight excluding hydrogens is 384 g/mol. The Morgan fingerprint density at radius 3 is 2.77 bits per heavy atom. The van der Waals surface area contributed by atoms with Crippen LogP contribution >= 0.6 is 0 Å². The van der Waals surface area contributed by atoms with Gasteiger partial charge in [-0.2, -0.15) is 4.98 Å². The second-order valence-electron chi connectivity index (χ2n) is 6.82. The van der Waals surface area contributed by atoms with Crippen LogP contribution in [0.15, 0.2) is 48.5 Å². The van der Waals surface area contributed by atoms with Crippen LogP contribution in [0.3, 0.4) is 0 Å². The summed E-state index contributed by atoms with van der Waals surface area (Å²) in [4.78, 5) is 36.6. The van der Waals surface area contributed by atoms with Gasteiger partial charge in [0, 0.05) is 11.1 Å². The van der Waals surface area contributed by atoms with Gasteiger partial charge in [0.1, 0.15) is 5.75 Å². The topological polar surface area (TPSA) is 119 Å². The molecule has 1 aliphatic rings. The summed E-state index contributed by atoms with van der Waals surface area (Å²) in [6.07, 6.45) is 0.0151. The normalized spacial score (nSPS) is 15.9. The Morgan fingerprint density at radius 2 is 2.00 bits per heavy atom. The molecule has 30 heavy (non-hydrogen) atoms. The molecular formula is C21H21N6O3+. The predicted molar refractivity (Wildman–Crippen MR) is 112 cm³/mol. The van der Waals surface area contributed by atoms with Gasteiger partial charge in [-0.25, -0.2) is 15.6 Å². The van der Waals surface area contributed by atoms with Crippen LogP contribution in [0.4, 0.5) is 11.6 Å². The van der Waals surface area contributed by atoms with E-state index in [9.17, 15) is 9.59 Å². The third-order valence-corrected chi connectivity index (χ3v) is 4.66.